The second-order valence-corrected chi connectivity index (χ2v) is 3.81. The van der Waals surface area contributed by atoms with Gasteiger partial charge in [0.05, 0.1) is 0 Å². The number of halogens is 1. The van der Waals surface area contributed by atoms with E-state index in [1.165, 1.54) is 7.11 Å². The van der Waals surface area contributed by atoms with E-state index in [2.05, 4.69) is 4.74 Å². The second kappa shape index (κ2) is 4.58. The van der Waals surface area contributed by atoms with Gasteiger partial charge < -0.3 is 19.7 Å². The first-order chi connectivity index (χ1) is 7.39. The molecule has 1 aliphatic rings. The van der Waals surface area contributed by atoms with Gasteiger partial charge in [0.25, 0.3) is 5.54 Å². The summed E-state index contributed by atoms with van der Waals surface area (Å²) in [6.45, 7) is -0.0727. The Morgan fingerprint density at radius 1 is 1.56 bits per heavy atom. The first-order valence-corrected chi connectivity index (χ1v) is 4.64. The number of hydrogen-bond donors (Lipinski definition) is 2. The van der Waals surface area contributed by atoms with Gasteiger partial charge in [-0.1, -0.05) is 0 Å². The van der Waals surface area contributed by atoms with Gasteiger partial charge in [-0.3, -0.25) is 10.1 Å². The number of aliphatic hydroxyl groups is 2. The maximum Gasteiger partial charge on any atom is 0.277 e. The third-order valence-corrected chi connectivity index (χ3v) is 2.89. The molecule has 1 heterocycles. The van der Waals surface area contributed by atoms with Crippen molar-refractivity contribution in [2.24, 2.45) is 0 Å². The number of ether oxygens (including phenoxy) is 2. The van der Waals surface area contributed by atoms with Crippen molar-refractivity contribution < 1.29 is 29.0 Å². The highest BCUT2D eigenvalue weighted by Gasteiger charge is 2.62. The lowest BCUT2D eigenvalue weighted by Crippen LogP contribution is -2.69. The fraction of sp³-hybridized carbons (Fsp3) is 1.00. The van der Waals surface area contributed by atoms with E-state index < -0.39 is 41.7 Å². The molecule has 0 aromatic heterocycles. The smallest absolute Gasteiger partial charge is 0.277 e. The third kappa shape index (κ3) is 1.77. The van der Waals surface area contributed by atoms with E-state index in [-0.39, 0.29) is 0 Å². The van der Waals surface area contributed by atoms with Gasteiger partial charge in [-0.2, -0.15) is 0 Å². The van der Waals surface area contributed by atoms with E-state index in [4.69, 9.17) is 4.74 Å². The standard InChI is InChI=1S/C8H14FNO6/c1-8(10(13)14)5(11)4(3-9)16-7(15-2)6(8)12/h4-7,11-12H,3H2,1-2H3/t4-,5-,6+,7+,8-/m1/s1. The minimum absolute atomic E-state index is 0.848. The minimum atomic E-state index is -2.12. The fourth-order valence-electron chi connectivity index (χ4n) is 1.67. The first kappa shape index (κ1) is 13.2. The predicted molar refractivity (Wildman–Crippen MR) is 49.1 cm³/mol. The SMILES string of the molecule is CO[C@H]1O[C@H](CF)[C@@H](O)[C@@](C)([N+](=O)[O-])[C@H]1O. The summed E-state index contributed by atoms with van der Waals surface area (Å²) in [6.07, 6.45) is -6.14. The van der Waals surface area contributed by atoms with Crippen LogP contribution in [0.2, 0.25) is 0 Å². The molecule has 1 rings (SSSR count). The largest absolute Gasteiger partial charge is 0.383 e. The van der Waals surface area contributed by atoms with E-state index >= 15 is 0 Å². The normalized spacial score (nSPS) is 44.3. The van der Waals surface area contributed by atoms with Crippen molar-refractivity contribution in [2.45, 2.75) is 37.1 Å². The molecule has 0 aromatic carbocycles. The number of aliphatic hydroxyl groups excluding tert-OH is 2. The molecule has 0 saturated carbocycles. The number of nitro groups is 1. The molecule has 0 unspecified atom stereocenters. The molecule has 7 nitrogen and oxygen atoms in total. The topological polar surface area (TPSA) is 102 Å². The van der Waals surface area contributed by atoms with Crippen LogP contribution in [0.5, 0.6) is 0 Å². The number of rotatable bonds is 3. The summed E-state index contributed by atoms with van der Waals surface area (Å²) in [6, 6.07) is 0. The first-order valence-electron chi connectivity index (χ1n) is 4.64. The molecule has 94 valence electrons. The fourth-order valence-corrected chi connectivity index (χ4v) is 1.67. The van der Waals surface area contributed by atoms with Crippen LogP contribution in [0.3, 0.4) is 0 Å². The number of hydrogen-bond acceptors (Lipinski definition) is 6. The van der Waals surface area contributed by atoms with Gasteiger partial charge in [0.15, 0.2) is 18.5 Å². The lowest BCUT2D eigenvalue weighted by atomic mass is 9.83. The van der Waals surface area contributed by atoms with Gasteiger partial charge in [0, 0.05) is 19.0 Å². The average Bonchev–Trinajstić information content (AvgIpc) is 2.26. The molecule has 2 N–H and O–H groups in total. The maximum absolute atomic E-state index is 12.5. The highest BCUT2D eigenvalue weighted by molar-refractivity contribution is 4.99. The van der Waals surface area contributed by atoms with Crippen molar-refractivity contribution in [3.05, 3.63) is 10.1 Å². The van der Waals surface area contributed by atoms with Gasteiger partial charge in [-0.05, 0) is 0 Å². The molecule has 16 heavy (non-hydrogen) atoms. The Labute approximate surface area is 90.9 Å². The minimum Gasteiger partial charge on any atom is -0.383 e. The van der Waals surface area contributed by atoms with Gasteiger partial charge in [0.1, 0.15) is 12.8 Å². The van der Waals surface area contributed by atoms with Crippen molar-refractivity contribution in [1.29, 1.82) is 0 Å². The van der Waals surface area contributed by atoms with Crippen LogP contribution in [0, 0.1) is 10.1 Å². The second-order valence-electron chi connectivity index (χ2n) is 3.81. The summed E-state index contributed by atoms with van der Waals surface area (Å²) < 4.78 is 22.1. The van der Waals surface area contributed by atoms with Crippen LogP contribution in [0.1, 0.15) is 6.92 Å². The highest BCUT2D eigenvalue weighted by atomic mass is 19.1. The molecule has 0 radical (unpaired) electrons. The molecule has 1 fully saturated rings. The van der Waals surface area contributed by atoms with Crippen molar-refractivity contribution in [2.75, 3.05) is 13.8 Å². The van der Waals surface area contributed by atoms with Crippen LogP contribution in [0.4, 0.5) is 4.39 Å². The van der Waals surface area contributed by atoms with Crippen molar-refractivity contribution in [1.82, 2.24) is 0 Å². The van der Waals surface area contributed by atoms with Crippen molar-refractivity contribution in [3.8, 4) is 0 Å². The summed E-state index contributed by atoms with van der Waals surface area (Å²) in [5.41, 5.74) is -2.12. The number of methoxy groups -OCH3 is 1. The summed E-state index contributed by atoms with van der Waals surface area (Å²) in [5.74, 6) is 0. The zero-order valence-electron chi connectivity index (χ0n) is 8.87. The zero-order valence-corrected chi connectivity index (χ0v) is 8.87. The molecule has 0 bridgehead atoms. The molecule has 0 aliphatic carbocycles. The molecule has 5 atom stereocenters. The highest BCUT2D eigenvalue weighted by Crippen LogP contribution is 2.32. The van der Waals surface area contributed by atoms with E-state index in [0.717, 1.165) is 6.92 Å². The monoisotopic (exact) mass is 239 g/mol. The van der Waals surface area contributed by atoms with Gasteiger partial charge in [-0.15, -0.1) is 0 Å². The van der Waals surface area contributed by atoms with Crippen LogP contribution >= 0.6 is 0 Å². The Kier molecular flexibility index (Phi) is 3.79. The predicted octanol–water partition coefficient (Wildman–Crippen LogP) is -0.916. The molecular formula is C8H14FNO6. The average molecular weight is 239 g/mol. The van der Waals surface area contributed by atoms with Crippen LogP contribution in [0.25, 0.3) is 0 Å². The maximum atomic E-state index is 12.5. The number of alkyl halides is 1. The van der Waals surface area contributed by atoms with E-state index in [1.807, 2.05) is 0 Å². The summed E-state index contributed by atoms with van der Waals surface area (Å²) in [5, 5.41) is 30.2. The number of nitrogens with zero attached hydrogens (tertiary/aromatic N) is 1. The van der Waals surface area contributed by atoms with Crippen molar-refractivity contribution >= 4 is 0 Å². The molecular weight excluding hydrogens is 225 g/mol. The summed E-state index contributed by atoms with van der Waals surface area (Å²) in [4.78, 5) is 10.0. The Morgan fingerprint density at radius 3 is 2.50 bits per heavy atom. The lowest BCUT2D eigenvalue weighted by Gasteiger charge is -2.42. The van der Waals surface area contributed by atoms with Crippen LogP contribution in [-0.4, -0.2) is 59.1 Å². The summed E-state index contributed by atoms with van der Waals surface area (Å²) in [7, 11) is 1.17. The lowest BCUT2D eigenvalue weighted by molar-refractivity contribution is -0.609. The molecule has 0 aromatic rings. The van der Waals surface area contributed by atoms with Crippen LogP contribution < -0.4 is 0 Å². The Bertz CT molecular complexity index is 259. The quantitative estimate of drug-likeness (QED) is 0.488. The van der Waals surface area contributed by atoms with Gasteiger partial charge in [-0.25, -0.2) is 4.39 Å². The van der Waals surface area contributed by atoms with Crippen LogP contribution in [0.15, 0.2) is 0 Å². The van der Waals surface area contributed by atoms with E-state index in [0.29, 0.717) is 0 Å². The van der Waals surface area contributed by atoms with Crippen LogP contribution in [-0.2, 0) is 9.47 Å². The summed E-state index contributed by atoms with van der Waals surface area (Å²) >= 11 is 0. The molecule has 1 aliphatic heterocycles. The van der Waals surface area contributed by atoms with Gasteiger partial charge >= 0.3 is 0 Å². The molecule has 0 amide bonds. The third-order valence-electron chi connectivity index (χ3n) is 2.89. The van der Waals surface area contributed by atoms with E-state index in [1.54, 1.807) is 0 Å². The Hall–Kier alpha value is -0.830. The van der Waals surface area contributed by atoms with Crippen molar-refractivity contribution in [3.63, 3.8) is 0 Å². The van der Waals surface area contributed by atoms with Gasteiger partial charge in [0.2, 0.25) is 0 Å². The zero-order chi connectivity index (χ0) is 12.5. The molecule has 8 heteroatoms. The Balaban J connectivity index is 3.06. The Morgan fingerprint density at radius 2 is 2.12 bits per heavy atom. The molecule has 1 saturated heterocycles. The molecule has 0 spiro atoms. The van der Waals surface area contributed by atoms with E-state index in [9.17, 15) is 24.7 Å².